The second kappa shape index (κ2) is 6.31. The summed E-state index contributed by atoms with van der Waals surface area (Å²) in [6, 6.07) is 1.70. The second-order valence-electron chi connectivity index (χ2n) is 4.99. The summed E-state index contributed by atoms with van der Waals surface area (Å²) in [5.74, 6) is 0.684. The maximum absolute atomic E-state index is 6.02. The number of hydrogen-bond donors (Lipinski definition) is 0. The highest BCUT2D eigenvalue weighted by molar-refractivity contribution is 6.29. The SMILES string of the molecule is COC(C)c1c(-n2cncc3ncnc2-3)cnc2cc(Cl)nn12.Cl. The minimum Gasteiger partial charge on any atom is -0.375 e. The molecule has 24 heavy (non-hydrogen) atoms. The van der Waals surface area contributed by atoms with Crippen LogP contribution in [0.2, 0.25) is 5.15 Å². The van der Waals surface area contributed by atoms with E-state index in [1.165, 1.54) is 6.33 Å². The Bertz CT molecular complexity index is 967. The summed E-state index contributed by atoms with van der Waals surface area (Å²) in [7, 11) is 1.64. The van der Waals surface area contributed by atoms with Gasteiger partial charge in [-0.25, -0.2) is 24.5 Å². The van der Waals surface area contributed by atoms with E-state index in [-0.39, 0.29) is 18.5 Å². The van der Waals surface area contributed by atoms with Crippen molar-refractivity contribution in [3.8, 4) is 17.2 Å². The number of rotatable bonds is 3. The zero-order valence-corrected chi connectivity index (χ0v) is 14.4. The average Bonchev–Trinajstić information content (AvgIpc) is 3.17. The molecule has 0 saturated carbocycles. The normalized spacial score (nSPS) is 12.5. The molecule has 0 fully saturated rings. The molecule has 4 heterocycles. The van der Waals surface area contributed by atoms with Gasteiger partial charge in [-0.05, 0) is 6.92 Å². The minimum absolute atomic E-state index is 0. The van der Waals surface area contributed by atoms with E-state index in [1.807, 2.05) is 11.5 Å². The highest BCUT2D eigenvalue weighted by Gasteiger charge is 2.21. The van der Waals surface area contributed by atoms with Gasteiger partial charge < -0.3 is 4.74 Å². The molecule has 2 aromatic rings. The van der Waals surface area contributed by atoms with Crippen LogP contribution in [0.4, 0.5) is 0 Å². The molecule has 2 aliphatic heterocycles. The van der Waals surface area contributed by atoms with Crippen molar-refractivity contribution < 1.29 is 4.74 Å². The molecule has 0 aromatic carbocycles. The number of hydrogen-bond acceptors (Lipinski definition) is 6. The first kappa shape index (κ1) is 16.6. The van der Waals surface area contributed by atoms with Gasteiger partial charge in [-0.3, -0.25) is 4.57 Å². The van der Waals surface area contributed by atoms with E-state index in [1.54, 1.807) is 36.4 Å². The van der Waals surface area contributed by atoms with E-state index in [9.17, 15) is 0 Å². The van der Waals surface area contributed by atoms with Gasteiger partial charge in [0.05, 0.1) is 29.9 Å². The van der Waals surface area contributed by atoms with E-state index in [2.05, 4.69) is 25.0 Å². The Morgan fingerprint density at radius 2 is 2.04 bits per heavy atom. The van der Waals surface area contributed by atoms with Crippen molar-refractivity contribution in [2.45, 2.75) is 13.0 Å². The van der Waals surface area contributed by atoms with Crippen LogP contribution in [0.25, 0.3) is 22.9 Å². The van der Waals surface area contributed by atoms with Crippen molar-refractivity contribution in [2.24, 2.45) is 0 Å². The van der Waals surface area contributed by atoms with Gasteiger partial charge in [-0.2, -0.15) is 5.10 Å². The third-order valence-corrected chi connectivity index (χ3v) is 3.87. The van der Waals surface area contributed by atoms with Gasteiger partial charge in [-0.1, -0.05) is 11.6 Å². The van der Waals surface area contributed by atoms with Gasteiger partial charge in [0.1, 0.15) is 18.3 Å². The van der Waals surface area contributed by atoms with Gasteiger partial charge in [0.2, 0.25) is 0 Å². The van der Waals surface area contributed by atoms with Crippen molar-refractivity contribution in [3.05, 3.63) is 42.0 Å². The van der Waals surface area contributed by atoms with Gasteiger partial charge in [0.15, 0.2) is 16.6 Å². The van der Waals surface area contributed by atoms with Crippen molar-refractivity contribution in [2.75, 3.05) is 7.11 Å². The topological polar surface area (TPSA) is 83.0 Å². The largest absolute Gasteiger partial charge is 0.375 e. The molecule has 10 heteroatoms. The number of methoxy groups -OCH3 is 1. The zero-order valence-electron chi connectivity index (χ0n) is 12.8. The van der Waals surface area contributed by atoms with Gasteiger partial charge in [-0.15, -0.1) is 12.4 Å². The molecule has 2 aliphatic rings. The number of nitrogens with zero attached hydrogens (tertiary/aromatic N) is 7. The zero-order chi connectivity index (χ0) is 16.0. The van der Waals surface area contributed by atoms with Crippen molar-refractivity contribution >= 4 is 29.7 Å². The molecule has 2 aromatic heterocycles. The fourth-order valence-corrected chi connectivity index (χ4v) is 2.71. The van der Waals surface area contributed by atoms with Crippen molar-refractivity contribution in [1.29, 1.82) is 0 Å². The summed E-state index contributed by atoms with van der Waals surface area (Å²) in [5.41, 5.74) is 2.89. The standard InChI is InChI=1S/C14H12ClN7O.ClH/c1-8(23-2)13-10(5-17-12-3-11(15)20-22(12)13)21-7-16-4-9-14(21)19-6-18-9;/h3-8H,1-2H3;1H. The Morgan fingerprint density at radius 3 is 2.83 bits per heavy atom. The minimum atomic E-state index is -0.239. The summed E-state index contributed by atoms with van der Waals surface area (Å²) in [6.07, 6.45) is 6.32. The van der Waals surface area contributed by atoms with Crippen molar-refractivity contribution in [1.82, 2.24) is 34.1 Å². The molecule has 1 unspecified atom stereocenters. The summed E-state index contributed by atoms with van der Waals surface area (Å²) in [6.45, 7) is 1.93. The molecule has 0 N–H and O–H groups in total. The molecular weight excluding hydrogens is 353 g/mol. The van der Waals surface area contributed by atoms with Crippen LogP contribution in [0.1, 0.15) is 18.7 Å². The molecule has 1 atom stereocenters. The monoisotopic (exact) mass is 365 g/mol. The van der Waals surface area contributed by atoms with E-state index >= 15 is 0 Å². The number of imidazole rings is 1. The number of halogens is 2. The van der Waals surface area contributed by atoms with E-state index in [0.717, 1.165) is 11.4 Å². The smallest absolute Gasteiger partial charge is 0.167 e. The first-order chi connectivity index (χ1) is 11.2. The number of fused-ring (bicyclic) bond motifs is 2. The molecule has 0 saturated heterocycles. The van der Waals surface area contributed by atoms with Crippen LogP contribution in [-0.2, 0) is 4.74 Å². The lowest BCUT2D eigenvalue weighted by Crippen LogP contribution is -2.14. The molecule has 0 aliphatic carbocycles. The predicted octanol–water partition coefficient (Wildman–Crippen LogP) is 2.59. The molecule has 0 radical (unpaired) electrons. The Labute approximate surface area is 148 Å². The fourth-order valence-electron chi connectivity index (χ4n) is 2.54. The van der Waals surface area contributed by atoms with E-state index < -0.39 is 0 Å². The van der Waals surface area contributed by atoms with Crippen LogP contribution >= 0.6 is 24.0 Å². The number of ether oxygens (including phenoxy) is 1. The highest BCUT2D eigenvalue weighted by Crippen LogP contribution is 2.28. The molecule has 0 bridgehead atoms. The third kappa shape index (κ3) is 2.48. The third-order valence-electron chi connectivity index (χ3n) is 3.68. The summed E-state index contributed by atoms with van der Waals surface area (Å²) in [5, 5.41) is 4.67. The predicted molar refractivity (Wildman–Crippen MR) is 90.0 cm³/mol. The molecular formula is C14H13Cl2N7O. The molecule has 0 amide bonds. The lowest BCUT2D eigenvalue weighted by atomic mass is 10.2. The second-order valence-corrected chi connectivity index (χ2v) is 5.38. The Kier molecular flexibility index (Phi) is 4.35. The molecule has 4 rings (SSSR count). The van der Waals surface area contributed by atoms with E-state index in [4.69, 9.17) is 16.3 Å². The summed E-state index contributed by atoms with van der Waals surface area (Å²) >= 11 is 6.02. The lowest BCUT2D eigenvalue weighted by molar-refractivity contribution is 0.114. The summed E-state index contributed by atoms with van der Waals surface area (Å²) < 4.78 is 9.00. The fraction of sp³-hybridized carbons (Fsp3) is 0.214. The average molecular weight is 366 g/mol. The van der Waals surface area contributed by atoms with E-state index in [0.29, 0.717) is 22.3 Å². The number of aromatic nitrogens is 7. The lowest BCUT2D eigenvalue weighted by Gasteiger charge is -2.18. The Balaban J connectivity index is 0.00000169. The quantitative estimate of drug-likeness (QED) is 0.554. The van der Waals surface area contributed by atoms with Crippen LogP contribution in [0.3, 0.4) is 0 Å². The maximum Gasteiger partial charge on any atom is 0.167 e. The van der Waals surface area contributed by atoms with Crippen LogP contribution in [0.15, 0.2) is 31.1 Å². The highest BCUT2D eigenvalue weighted by atomic mass is 35.5. The van der Waals surface area contributed by atoms with Gasteiger partial charge >= 0.3 is 0 Å². The van der Waals surface area contributed by atoms with Crippen molar-refractivity contribution in [3.63, 3.8) is 0 Å². The van der Waals surface area contributed by atoms with Crippen LogP contribution in [-0.4, -0.2) is 41.2 Å². The maximum atomic E-state index is 6.02. The van der Waals surface area contributed by atoms with Crippen LogP contribution in [0, 0.1) is 0 Å². The van der Waals surface area contributed by atoms with Gasteiger partial charge in [0.25, 0.3) is 0 Å². The van der Waals surface area contributed by atoms with Crippen LogP contribution in [0.5, 0.6) is 0 Å². The first-order valence-electron chi connectivity index (χ1n) is 6.89. The molecule has 124 valence electrons. The van der Waals surface area contributed by atoms with Crippen LogP contribution < -0.4 is 0 Å². The Hall–Kier alpha value is -2.29. The Morgan fingerprint density at radius 1 is 1.21 bits per heavy atom. The first-order valence-corrected chi connectivity index (χ1v) is 7.27. The van der Waals surface area contributed by atoms with Gasteiger partial charge in [0, 0.05) is 13.2 Å². The summed E-state index contributed by atoms with van der Waals surface area (Å²) in [4.78, 5) is 17.1. The molecule has 0 spiro atoms. The molecule has 8 nitrogen and oxygen atoms in total.